The number of hydrogen-bond acceptors (Lipinski definition) is 6. The highest BCUT2D eigenvalue weighted by atomic mass is 35.5. The number of phenols is 1. The summed E-state index contributed by atoms with van der Waals surface area (Å²) in [6.45, 7) is 0.237. The molecule has 7 nitrogen and oxygen atoms in total. The quantitative estimate of drug-likeness (QED) is 0.378. The summed E-state index contributed by atoms with van der Waals surface area (Å²) in [4.78, 5) is 23.9. The minimum Gasteiger partial charge on any atom is -0.508 e. The third-order valence-electron chi connectivity index (χ3n) is 5.61. The molecule has 1 fully saturated rings. The zero-order valence-electron chi connectivity index (χ0n) is 17.9. The van der Waals surface area contributed by atoms with Crippen molar-refractivity contribution in [2.45, 2.75) is 31.7 Å². The van der Waals surface area contributed by atoms with Crippen LogP contribution in [0, 0.1) is 5.92 Å². The molecule has 0 aliphatic carbocycles. The van der Waals surface area contributed by atoms with Crippen molar-refractivity contribution in [3.63, 3.8) is 0 Å². The fourth-order valence-corrected chi connectivity index (χ4v) is 4.47. The van der Waals surface area contributed by atoms with Crippen molar-refractivity contribution in [1.82, 2.24) is 0 Å². The Bertz CT molecular complexity index is 1280. The van der Waals surface area contributed by atoms with Gasteiger partial charge in [-0.2, -0.15) is 0 Å². The van der Waals surface area contributed by atoms with Crippen molar-refractivity contribution in [3.05, 3.63) is 86.2 Å². The van der Waals surface area contributed by atoms with E-state index in [1.165, 1.54) is 18.4 Å². The Balaban J connectivity index is 1.63. The van der Waals surface area contributed by atoms with Gasteiger partial charge in [0.15, 0.2) is 11.9 Å². The summed E-state index contributed by atoms with van der Waals surface area (Å²) < 4.78 is 17.7. The summed E-state index contributed by atoms with van der Waals surface area (Å²) in [5, 5.41) is 20.0. The van der Waals surface area contributed by atoms with E-state index < -0.39 is 18.4 Å². The molecule has 2 heterocycles. The first kappa shape index (κ1) is 24.3. The average molecular weight is 505 g/mol. The number of para-hydroxylation sites is 1. The van der Waals surface area contributed by atoms with Gasteiger partial charge in [-0.05, 0) is 31.0 Å². The zero-order valence-corrected chi connectivity index (χ0v) is 19.5. The van der Waals surface area contributed by atoms with Crippen molar-refractivity contribution in [2.24, 2.45) is 5.92 Å². The number of phenolic OH excluding ortho intramolecular Hbond substituents is 1. The number of allylic oxidation sites excluding steroid dienone is 2. The van der Waals surface area contributed by atoms with Crippen molar-refractivity contribution in [2.75, 3.05) is 6.61 Å². The van der Waals surface area contributed by atoms with Gasteiger partial charge >= 0.3 is 5.97 Å². The van der Waals surface area contributed by atoms with E-state index in [4.69, 9.17) is 42.2 Å². The molecular weight excluding hydrogens is 483 g/mol. The summed E-state index contributed by atoms with van der Waals surface area (Å²) >= 11 is 12.2. The summed E-state index contributed by atoms with van der Waals surface area (Å²) in [7, 11) is 0. The number of carboxylic acid groups (broad SMARTS) is 1. The van der Waals surface area contributed by atoms with Gasteiger partial charge in [0.25, 0.3) is 0 Å². The van der Waals surface area contributed by atoms with Crippen molar-refractivity contribution in [1.29, 1.82) is 0 Å². The van der Waals surface area contributed by atoms with Gasteiger partial charge in [-0.3, -0.25) is 9.59 Å². The molecule has 2 N–H and O–H groups in total. The number of halogens is 2. The van der Waals surface area contributed by atoms with Crippen LogP contribution in [0.1, 0.15) is 42.8 Å². The Labute approximate surface area is 205 Å². The largest absolute Gasteiger partial charge is 0.508 e. The first-order valence-electron chi connectivity index (χ1n) is 10.7. The third kappa shape index (κ3) is 5.28. The van der Waals surface area contributed by atoms with Crippen LogP contribution in [0.25, 0.3) is 11.0 Å². The molecule has 0 radical (unpaired) electrons. The Morgan fingerprint density at radius 3 is 2.71 bits per heavy atom. The molecule has 0 unspecified atom stereocenters. The lowest BCUT2D eigenvalue weighted by Gasteiger charge is -2.36. The van der Waals surface area contributed by atoms with Crippen LogP contribution in [-0.2, 0) is 14.3 Å². The lowest BCUT2D eigenvalue weighted by atomic mass is 9.91. The third-order valence-corrected chi connectivity index (χ3v) is 6.11. The Morgan fingerprint density at radius 2 is 1.94 bits per heavy atom. The topological polar surface area (TPSA) is 106 Å². The van der Waals surface area contributed by atoms with E-state index in [1.54, 1.807) is 30.3 Å². The van der Waals surface area contributed by atoms with Gasteiger partial charge in [0.2, 0.25) is 5.43 Å². The highest BCUT2D eigenvalue weighted by Gasteiger charge is 2.36. The van der Waals surface area contributed by atoms with E-state index in [1.807, 2.05) is 6.08 Å². The molecule has 1 aliphatic rings. The minimum atomic E-state index is -1.03. The summed E-state index contributed by atoms with van der Waals surface area (Å²) in [6.07, 6.45) is 4.32. The van der Waals surface area contributed by atoms with Crippen molar-refractivity contribution in [3.8, 4) is 5.75 Å². The number of hydrogen-bond donors (Lipinski definition) is 2. The van der Waals surface area contributed by atoms with Gasteiger partial charge < -0.3 is 24.1 Å². The van der Waals surface area contributed by atoms with Crippen LogP contribution in [0.15, 0.2) is 64.0 Å². The fourth-order valence-electron chi connectivity index (χ4n) is 3.93. The average Bonchev–Trinajstić information content (AvgIpc) is 2.80. The smallest absolute Gasteiger partial charge is 0.303 e. The van der Waals surface area contributed by atoms with Crippen LogP contribution in [0.5, 0.6) is 5.75 Å². The minimum absolute atomic E-state index is 0.0465. The fraction of sp³-hybridized carbons (Fsp3) is 0.280. The van der Waals surface area contributed by atoms with Crippen LogP contribution >= 0.6 is 23.2 Å². The SMILES string of the molecule is O=C(O)CCC=CC[C@@H]1CO[C@H](c2coc3c(Cl)cc(Cl)cc3c2=O)O[C@@H]1c1ccccc1O. The van der Waals surface area contributed by atoms with Crippen LogP contribution in [-0.4, -0.2) is 22.8 Å². The maximum Gasteiger partial charge on any atom is 0.303 e. The molecule has 9 heteroatoms. The number of aromatic hydroxyl groups is 1. The number of ether oxygens (including phenoxy) is 2. The standard InChI is InChI=1S/C25H22Cl2O7/c26-15-10-17-22(31)18(13-32-24(17)19(27)11-15)25-33-12-14(6-2-1-3-9-21(29)30)23(34-25)16-7-4-5-8-20(16)28/h1-2,4-5,7-8,10-11,13-14,23,25,28H,3,6,9,12H2,(H,29,30)/t14-,23+,25+/m1/s1. The Kier molecular flexibility index (Phi) is 7.58. The lowest BCUT2D eigenvalue weighted by Crippen LogP contribution is -2.32. The Hall–Kier alpha value is -2.84. The molecule has 1 aliphatic heterocycles. The Morgan fingerprint density at radius 1 is 1.15 bits per heavy atom. The molecule has 1 saturated heterocycles. The number of rotatable bonds is 7. The first-order valence-corrected chi connectivity index (χ1v) is 11.4. The number of carbonyl (C=O) groups is 1. The number of fused-ring (bicyclic) bond motifs is 1. The molecule has 3 atom stereocenters. The number of benzene rings is 2. The molecule has 0 spiro atoms. The van der Waals surface area contributed by atoms with Crippen LogP contribution in [0.2, 0.25) is 10.0 Å². The maximum absolute atomic E-state index is 13.2. The van der Waals surface area contributed by atoms with Crippen LogP contribution in [0.4, 0.5) is 0 Å². The first-order chi connectivity index (χ1) is 16.3. The number of aliphatic carboxylic acids is 1. The highest BCUT2D eigenvalue weighted by molar-refractivity contribution is 6.38. The zero-order chi connectivity index (χ0) is 24.2. The van der Waals surface area contributed by atoms with E-state index in [9.17, 15) is 14.7 Å². The van der Waals surface area contributed by atoms with E-state index in [0.29, 0.717) is 23.4 Å². The lowest BCUT2D eigenvalue weighted by molar-refractivity contribution is -0.244. The second-order valence-corrected chi connectivity index (χ2v) is 8.81. The molecule has 2 aromatic carbocycles. The molecule has 178 valence electrons. The molecule has 4 rings (SSSR count). The maximum atomic E-state index is 13.2. The molecule has 34 heavy (non-hydrogen) atoms. The molecule has 1 aromatic heterocycles. The molecular formula is C25H22Cl2O7. The van der Waals surface area contributed by atoms with Gasteiger partial charge in [0.1, 0.15) is 12.0 Å². The second kappa shape index (κ2) is 10.6. The summed E-state index contributed by atoms with van der Waals surface area (Å²) in [6, 6.07) is 9.79. The molecule has 0 bridgehead atoms. The van der Waals surface area contributed by atoms with Crippen molar-refractivity contribution < 1.29 is 28.9 Å². The monoisotopic (exact) mass is 504 g/mol. The summed E-state index contributed by atoms with van der Waals surface area (Å²) in [5.41, 5.74) is 0.564. The van der Waals surface area contributed by atoms with Gasteiger partial charge in [0, 0.05) is 22.9 Å². The number of carboxylic acids is 1. The predicted octanol–water partition coefficient (Wildman–Crippen LogP) is 6.02. The van der Waals surface area contributed by atoms with Crippen molar-refractivity contribution >= 4 is 40.1 Å². The highest BCUT2D eigenvalue weighted by Crippen LogP contribution is 2.42. The van der Waals surface area contributed by atoms with E-state index >= 15 is 0 Å². The van der Waals surface area contributed by atoms with Gasteiger partial charge in [-0.15, -0.1) is 0 Å². The van der Waals surface area contributed by atoms with Gasteiger partial charge in [-0.1, -0.05) is 53.6 Å². The molecule has 3 aromatic rings. The molecule has 0 amide bonds. The van der Waals surface area contributed by atoms with Gasteiger partial charge in [0.05, 0.1) is 28.7 Å². The van der Waals surface area contributed by atoms with E-state index in [0.717, 1.165) is 0 Å². The van der Waals surface area contributed by atoms with E-state index in [2.05, 4.69) is 0 Å². The molecule has 0 saturated carbocycles. The predicted molar refractivity (Wildman–Crippen MR) is 127 cm³/mol. The van der Waals surface area contributed by atoms with Crippen LogP contribution < -0.4 is 5.43 Å². The van der Waals surface area contributed by atoms with E-state index in [-0.39, 0.29) is 51.7 Å². The summed E-state index contributed by atoms with van der Waals surface area (Å²) in [5.74, 6) is -0.972. The second-order valence-electron chi connectivity index (χ2n) is 7.96. The van der Waals surface area contributed by atoms with Crippen LogP contribution in [0.3, 0.4) is 0 Å². The normalized spacial score (nSPS) is 20.7. The van der Waals surface area contributed by atoms with Gasteiger partial charge in [-0.25, -0.2) is 0 Å².